The average Bonchev–Trinajstić information content (AvgIpc) is 2.86. The summed E-state index contributed by atoms with van der Waals surface area (Å²) in [5, 5.41) is 3.81. The van der Waals surface area contributed by atoms with Crippen LogP contribution in [0.25, 0.3) is 0 Å². The number of benzene rings is 1. The van der Waals surface area contributed by atoms with Crippen LogP contribution in [0.15, 0.2) is 29.4 Å². The van der Waals surface area contributed by atoms with Gasteiger partial charge in [0.05, 0.1) is 12.3 Å². The number of ether oxygens (including phenoxy) is 1. The van der Waals surface area contributed by atoms with Gasteiger partial charge in [-0.25, -0.2) is 9.18 Å². The summed E-state index contributed by atoms with van der Waals surface area (Å²) in [5.74, 6) is -0.934. The smallest absolute Gasteiger partial charge is 0.354 e. The summed E-state index contributed by atoms with van der Waals surface area (Å²) in [5.41, 5.74) is 5.15. The minimum atomic E-state index is -1.31. The molecule has 0 saturated carbocycles. The quantitative estimate of drug-likeness (QED) is 0.827. The minimum Gasteiger partial charge on any atom is -0.463 e. The summed E-state index contributed by atoms with van der Waals surface area (Å²) in [4.78, 5) is 17.4. The molecule has 2 rings (SSSR count). The van der Waals surface area contributed by atoms with Crippen molar-refractivity contribution in [3.05, 3.63) is 35.6 Å². The van der Waals surface area contributed by atoms with Gasteiger partial charge in [0, 0.05) is 19.4 Å². The van der Waals surface area contributed by atoms with Crippen LogP contribution in [0.3, 0.4) is 0 Å². The zero-order valence-corrected chi connectivity index (χ0v) is 11.3. The maximum atomic E-state index is 13.8. The number of nitrogens with two attached hydrogens (primary N) is 1. The third kappa shape index (κ3) is 2.80. The summed E-state index contributed by atoms with van der Waals surface area (Å²) < 4.78 is 18.8. The number of nitrogens with zero attached hydrogens (tertiary/aromatic N) is 1. The molecule has 1 aromatic rings. The molecule has 0 spiro atoms. The topological polar surface area (TPSA) is 73.9 Å². The largest absolute Gasteiger partial charge is 0.463 e. The first-order chi connectivity index (χ1) is 9.61. The van der Waals surface area contributed by atoms with E-state index in [1.807, 2.05) is 0 Å². The monoisotopic (exact) mass is 280 g/mol. The van der Waals surface area contributed by atoms with E-state index in [1.54, 1.807) is 25.1 Å². The van der Waals surface area contributed by atoms with Crippen LogP contribution in [0.1, 0.15) is 18.9 Å². The Bertz CT molecular complexity index is 533. The summed E-state index contributed by atoms with van der Waals surface area (Å²) in [7, 11) is 0. The molecule has 1 aromatic carbocycles. The molecule has 0 fully saturated rings. The minimum absolute atomic E-state index is 0.0610. The van der Waals surface area contributed by atoms with E-state index in [-0.39, 0.29) is 31.8 Å². The molecule has 1 atom stereocenters. The Morgan fingerprint density at radius 3 is 2.90 bits per heavy atom. The maximum absolute atomic E-state index is 13.8. The van der Waals surface area contributed by atoms with Gasteiger partial charge in [0.2, 0.25) is 5.60 Å². The zero-order valence-electron chi connectivity index (χ0n) is 11.3. The number of carbonyl (C=O) groups is 1. The lowest BCUT2D eigenvalue weighted by Crippen LogP contribution is -2.43. The Kier molecular flexibility index (Phi) is 4.34. The number of halogens is 1. The lowest BCUT2D eigenvalue weighted by Gasteiger charge is -2.24. The molecule has 2 N–H and O–H groups in total. The van der Waals surface area contributed by atoms with Crippen LogP contribution in [0.5, 0.6) is 0 Å². The van der Waals surface area contributed by atoms with Gasteiger partial charge in [-0.3, -0.25) is 0 Å². The second-order valence-corrected chi connectivity index (χ2v) is 4.61. The Hall–Kier alpha value is -1.95. The molecule has 0 bridgehead atoms. The van der Waals surface area contributed by atoms with Crippen molar-refractivity contribution >= 4 is 11.7 Å². The van der Waals surface area contributed by atoms with E-state index in [1.165, 1.54) is 6.07 Å². The van der Waals surface area contributed by atoms with Gasteiger partial charge in [-0.2, -0.15) is 0 Å². The van der Waals surface area contributed by atoms with Crippen molar-refractivity contribution in [1.29, 1.82) is 0 Å². The Morgan fingerprint density at radius 2 is 2.30 bits per heavy atom. The van der Waals surface area contributed by atoms with E-state index in [0.29, 0.717) is 11.3 Å². The summed E-state index contributed by atoms with van der Waals surface area (Å²) >= 11 is 0. The van der Waals surface area contributed by atoms with Crippen molar-refractivity contribution in [3.8, 4) is 0 Å². The van der Waals surface area contributed by atoms with Crippen LogP contribution in [0.4, 0.5) is 4.39 Å². The van der Waals surface area contributed by atoms with Crippen molar-refractivity contribution in [2.75, 3.05) is 13.2 Å². The van der Waals surface area contributed by atoms with Crippen LogP contribution in [0, 0.1) is 5.82 Å². The molecule has 6 heteroatoms. The maximum Gasteiger partial charge on any atom is 0.354 e. The van der Waals surface area contributed by atoms with Crippen LogP contribution in [-0.2, 0) is 20.8 Å². The third-order valence-electron chi connectivity index (χ3n) is 3.16. The predicted molar refractivity (Wildman–Crippen MR) is 71.7 cm³/mol. The lowest BCUT2D eigenvalue weighted by molar-refractivity contribution is -0.169. The third-order valence-corrected chi connectivity index (χ3v) is 3.16. The number of carbonyl (C=O) groups excluding carboxylic acids is 1. The first-order valence-electron chi connectivity index (χ1n) is 6.46. The lowest BCUT2D eigenvalue weighted by atomic mass is 9.89. The summed E-state index contributed by atoms with van der Waals surface area (Å²) in [6.45, 7) is 2.12. The average molecular weight is 280 g/mol. The van der Waals surface area contributed by atoms with Crippen LogP contribution in [0.2, 0.25) is 0 Å². The Labute approximate surface area is 116 Å². The van der Waals surface area contributed by atoms with Gasteiger partial charge < -0.3 is 15.3 Å². The van der Waals surface area contributed by atoms with Gasteiger partial charge >= 0.3 is 5.97 Å². The van der Waals surface area contributed by atoms with E-state index in [2.05, 4.69) is 5.16 Å². The molecule has 0 aliphatic carbocycles. The molecular formula is C14H17FN2O3. The summed E-state index contributed by atoms with van der Waals surface area (Å²) in [6.07, 6.45) is 0.280. The van der Waals surface area contributed by atoms with Crippen molar-refractivity contribution < 1.29 is 18.8 Å². The fourth-order valence-electron chi connectivity index (χ4n) is 2.14. The van der Waals surface area contributed by atoms with Crippen LogP contribution < -0.4 is 5.73 Å². The van der Waals surface area contributed by atoms with Gasteiger partial charge in [-0.15, -0.1) is 0 Å². The molecular weight excluding hydrogens is 263 g/mol. The van der Waals surface area contributed by atoms with Gasteiger partial charge in [0.15, 0.2) is 0 Å². The van der Waals surface area contributed by atoms with E-state index >= 15 is 0 Å². The normalized spacial score (nSPS) is 21.2. The van der Waals surface area contributed by atoms with Crippen molar-refractivity contribution in [2.24, 2.45) is 10.9 Å². The van der Waals surface area contributed by atoms with E-state index in [4.69, 9.17) is 15.3 Å². The van der Waals surface area contributed by atoms with Gasteiger partial charge in [-0.05, 0) is 18.6 Å². The molecule has 5 nitrogen and oxygen atoms in total. The van der Waals surface area contributed by atoms with Crippen LogP contribution >= 0.6 is 0 Å². The number of hydrogen-bond acceptors (Lipinski definition) is 5. The Morgan fingerprint density at radius 1 is 1.55 bits per heavy atom. The van der Waals surface area contributed by atoms with Gasteiger partial charge in [-0.1, -0.05) is 23.4 Å². The van der Waals surface area contributed by atoms with E-state index in [0.717, 1.165) is 0 Å². The number of rotatable bonds is 5. The number of esters is 1. The molecule has 0 radical (unpaired) electrons. The molecule has 1 aliphatic rings. The highest BCUT2D eigenvalue weighted by Gasteiger charge is 2.48. The fourth-order valence-corrected chi connectivity index (χ4v) is 2.14. The molecule has 1 unspecified atom stereocenters. The Balaban J connectivity index is 2.25. The first-order valence-corrected chi connectivity index (χ1v) is 6.46. The molecule has 0 aromatic heterocycles. The van der Waals surface area contributed by atoms with Gasteiger partial charge in [0.25, 0.3) is 0 Å². The first kappa shape index (κ1) is 14.5. The highest BCUT2D eigenvalue weighted by Crippen LogP contribution is 2.30. The molecule has 0 amide bonds. The van der Waals surface area contributed by atoms with Crippen LogP contribution in [-0.4, -0.2) is 30.4 Å². The van der Waals surface area contributed by atoms with E-state index in [9.17, 15) is 9.18 Å². The highest BCUT2D eigenvalue weighted by atomic mass is 19.1. The molecule has 20 heavy (non-hydrogen) atoms. The predicted octanol–water partition coefficient (Wildman–Crippen LogP) is 1.41. The van der Waals surface area contributed by atoms with Crippen molar-refractivity contribution in [2.45, 2.75) is 25.4 Å². The molecule has 0 saturated heterocycles. The second-order valence-electron chi connectivity index (χ2n) is 4.61. The van der Waals surface area contributed by atoms with E-state index < -0.39 is 11.6 Å². The fraction of sp³-hybridized carbons (Fsp3) is 0.429. The SMILES string of the molecule is CCOC(=O)C1(Cc2ccccc2F)CC(CN)=NO1. The van der Waals surface area contributed by atoms with Gasteiger partial charge in [0.1, 0.15) is 5.82 Å². The zero-order chi connectivity index (χ0) is 14.6. The summed E-state index contributed by atoms with van der Waals surface area (Å²) in [6, 6.07) is 6.25. The van der Waals surface area contributed by atoms with Crippen molar-refractivity contribution in [3.63, 3.8) is 0 Å². The number of hydrogen-bond donors (Lipinski definition) is 1. The number of oxime groups is 1. The standard InChI is InChI=1S/C14H17FN2O3/c1-2-19-13(18)14(8-11(9-16)17-20-14)7-10-5-3-4-6-12(10)15/h3-6H,2,7-9,16H2,1H3. The highest BCUT2D eigenvalue weighted by molar-refractivity contribution is 5.94. The van der Waals surface area contributed by atoms with Crippen molar-refractivity contribution in [1.82, 2.24) is 0 Å². The second kappa shape index (κ2) is 6.00. The molecule has 108 valence electrons. The molecule has 1 aliphatic heterocycles. The molecule has 1 heterocycles.